The first-order valence-electron chi connectivity index (χ1n) is 9.68. The number of likely N-dealkylation sites (tertiary alicyclic amines) is 2. The molecular weight excluding hydrogens is 320 g/mol. The molecule has 0 bridgehead atoms. The number of amides is 2. The summed E-state index contributed by atoms with van der Waals surface area (Å²) in [6.45, 7) is 6.20. The predicted octanol–water partition coefficient (Wildman–Crippen LogP) is 2.52. The molecule has 2 aliphatic heterocycles. The van der Waals surface area contributed by atoms with Crippen molar-refractivity contribution in [1.82, 2.24) is 9.80 Å². The number of carboxylic acid groups (broad SMARTS) is 1. The minimum atomic E-state index is -0.778. The Kier molecular flexibility index (Phi) is 7.26. The maximum absolute atomic E-state index is 13.2. The zero-order chi connectivity index (χ0) is 18.4. The first kappa shape index (κ1) is 19.7. The van der Waals surface area contributed by atoms with Gasteiger partial charge in [0.05, 0.1) is 0 Å². The third-order valence-corrected chi connectivity index (χ3v) is 5.31. The van der Waals surface area contributed by atoms with Crippen molar-refractivity contribution in [2.45, 2.75) is 71.3 Å². The van der Waals surface area contributed by atoms with Crippen molar-refractivity contribution >= 4 is 17.8 Å². The van der Waals surface area contributed by atoms with Crippen LogP contribution in [0.15, 0.2) is 0 Å². The molecule has 0 saturated carbocycles. The zero-order valence-corrected chi connectivity index (χ0v) is 15.6. The van der Waals surface area contributed by atoms with Gasteiger partial charge >= 0.3 is 5.97 Å². The Morgan fingerprint density at radius 3 is 2.60 bits per heavy atom. The highest BCUT2D eigenvalue weighted by molar-refractivity contribution is 5.88. The summed E-state index contributed by atoms with van der Waals surface area (Å²) in [5.74, 6) is -0.0180. The van der Waals surface area contributed by atoms with Gasteiger partial charge in [0.15, 0.2) is 0 Å². The first-order chi connectivity index (χ1) is 11.9. The highest BCUT2D eigenvalue weighted by Gasteiger charge is 2.36. The molecule has 2 fully saturated rings. The summed E-state index contributed by atoms with van der Waals surface area (Å²) in [6, 6.07) is -0.356. The fraction of sp³-hybridized carbons (Fsp3) is 0.842. The van der Waals surface area contributed by atoms with E-state index < -0.39 is 5.97 Å². The summed E-state index contributed by atoms with van der Waals surface area (Å²) in [6.07, 6.45) is 5.80. The Morgan fingerprint density at radius 2 is 1.96 bits per heavy atom. The van der Waals surface area contributed by atoms with Gasteiger partial charge in [-0.25, -0.2) is 0 Å². The van der Waals surface area contributed by atoms with Crippen LogP contribution >= 0.6 is 0 Å². The molecule has 2 rings (SSSR count). The van der Waals surface area contributed by atoms with Crippen LogP contribution in [0.25, 0.3) is 0 Å². The van der Waals surface area contributed by atoms with Crippen LogP contribution in [-0.2, 0) is 14.4 Å². The van der Waals surface area contributed by atoms with Crippen LogP contribution in [0.4, 0.5) is 0 Å². The number of carbonyl (C=O) groups is 3. The van der Waals surface area contributed by atoms with Crippen molar-refractivity contribution in [2.24, 2.45) is 11.8 Å². The molecule has 142 valence electrons. The van der Waals surface area contributed by atoms with E-state index in [-0.39, 0.29) is 30.2 Å². The molecule has 0 aromatic carbocycles. The average Bonchev–Trinajstić information content (AvgIpc) is 2.58. The minimum Gasteiger partial charge on any atom is -0.481 e. The number of aliphatic carboxylic acids is 1. The topological polar surface area (TPSA) is 77.9 Å². The number of hydrogen-bond acceptors (Lipinski definition) is 3. The van der Waals surface area contributed by atoms with Crippen molar-refractivity contribution in [3.63, 3.8) is 0 Å². The van der Waals surface area contributed by atoms with Gasteiger partial charge in [-0.3, -0.25) is 14.4 Å². The third kappa shape index (κ3) is 5.72. The molecule has 0 radical (unpaired) electrons. The highest BCUT2D eigenvalue weighted by Crippen LogP contribution is 2.25. The monoisotopic (exact) mass is 352 g/mol. The van der Waals surface area contributed by atoms with Gasteiger partial charge in [-0.05, 0) is 50.4 Å². The Bertz CT molecular complexity index is 492. The molecule has 2 saturated heterocycles. The molecular formula is C19H32N2O4. The molecule has 2 amide bonds. The summed E-state index contributed by atoms with van der Waals surface area (Å²) >= 11 is 0. The molecule has 0 aromatic heterocycles. The molecule has 0 spiro atoms. The molecule has 2 heterocycles. The Morgan fingerprint density at radius 1 is 1.20 bits per heavy atom. The Labute approximate surface area is 150 Å². The fourth-order valence-corrected chi connectivity index (χ4v) is 4.00. The van der Waals surface area contributed by atoms with Gasteiger partial charge < -0.3 is 14.9 Å². The van der Waals surface area contributed by atoms with E-state index in [9.17, 15) is 14.4 Å². The molecule has 6 nitrogen and oxygen atoms in total. The third-order valence-electron chi connectivity index (χ3n) is 5.31. The van der Waals surface area contributed by atoms with Crippen LogP contribution in [0.2, 0.25) is 0 Å². The number of rotatable bonds is 7. The molecule has 25 heavy (non-hydrogen) atoms. The maximum atomic E-state index is 13.2. The lowest BCUT2D eigenvalue weighted by molar-refractivity contribution is -0.149. The molecule has 2 atom stereocenters. The van der Waals surface area contributed by atoms with Gasteiger partial charge in [0, 0.05) is 32.5 Å². The SMILES string of the molecule is CC(C)CC(C(=O)N1CCCC(CCC(=O)O)C1)N1CCCCC1=O. The van der Waals surface area contributed by atoms with Crippen molar-refractivity contribution in [3.05, 3.63) is 0 Å². The van der Waals surface area contributed by atoms with Crippen LogP contribution in [0.3, 0.4) is 0 Å². The standard InChI is InChI=1S/C19H32N2O4/c1-14(2)12-16(21-11-4-3-7-17(21)22)19(25)20-10-5-6-15(13-20)8-9-18(23)24/h14-16H,3-13H2,1-2H3,(H,23,24). The minimum absolute atomic E-state index is 0.0592. The van der Waals surface area contributed by atoms with E-state index in [2.05, 4.69) is 13.8 Å². The second-order valence-corrected chi connectivity index (χ2v) is 7.91. The Balaban J connectivity index is 2.04. The second kappa shape index (κ2) is 9.20. The molecule has 0 aliphatic carbocycles. The van der Waals surface area contributed by atoms with Crippen molar-refractivity contribution in [2.75, 3.05) is 19.6 Å². The molecule has 6 heteroatoms. The van der Waals surface area contributed by atoms with E-state index in [0.29, 0.717) is 38.3 Å². The summed E-state index contributed by atoms with van der Waals surface area (Å²) in [7, 11) is 0. The lowest BCUT2D eigenvalue weighted by Gasteiger charge is -2.40. The van der Waals surface area contributed by atoms with Gasteiger partial charge in [0.1, 0.15) is 6.04 Å². The normalized spacial score (nSPS) is 23.0. The van der Waals surface area contributed by atoms with Crippen molar-refractivity contribution in [1.29, 1.82) is 0 Å². The van der Waals surface area contributed by atoms with Crippen LogP contribution in [0.1, 0.15) is 65.2 Å². The summed E-state index contributed by atoms with van der Waals surface area (Å²) < 4.78 is 0. The predicted molar refractivity (Wildman–Crippen MR) is 95.0 cm³/mol. The maximum Gasteiger partial charge on any atom is 0.303 e. The van der Waals surface area contributed by atoms with Gasteiger partial charge in [-0.1, -0.05) is 13.8 Å². The van der Waals surface area contributed by atoms with E-state index >= 15 is 0 Å². The molecule has 1 N–H and O–H groups in total. The summed E-state index contributed by atoms with van der Waals surface area (Å²) in [5, 5.41) is 8.88. The first-order valence-corrected chi connectivity index (χ1v) is 9.68. The van der Waals surface area contributed by atoms with Crippen molar-refractivity contribution in [3.8, 4) is 0 Å². The van der Waals surface area contributed by atoms with E-state index in [1.165, 1.54) is 0 Å². The van der Waals surface area contributed by atoms with Gasteiger partial charge in [-0.15, -0.1) is 0 Å². The van der Waals surface area contributed by atoms with E-state index in [4.69, 9.17) is 5.11 Å². The largest absolute Gasteiger partial charge is 0.481 e. The Hall–Kier alpha value is -1.59. The van der Waals surface area contributed by atoms with Gasteiger partial charge in [0.25, 0.3) is 0 Å². The molecule has 2 unspecified atom stereocenters. The van der Waals surface area contributed by atoms with E-state index in [1.807, 2.05) is 4.90 Å². The van der Waals surface area contributed by atoms with Crippen LogP contribution < -0.4 is 0 Å². The van der Waals surface area contributed by atoms with Crippen LogP contribution in [0.5, 0.6) is 0 Å². The fourth-order valence-electron chi connectivity index (χ4n) is 4.00. The second-order valence-electron chi connectivity index (χ2n) is 7.91. The van der Waals surface area contributed by atoms with Gasteiger partial charge in [-0.2, -0.15) is 0 Å². The van der Waals surface area contributed by atoms with Gasteiger partial charge in [0.2, 0.25) is 11.8 Å². The van der Waals surface area contributed by atoms with E-state index in [0.717, 1.165) is 32.2 Å². The van der Waals surface area contributed by atoms with E-state index in [1.54, 1.807) is 4.90 Å². The lowest BCUT2D eigenvalue weighted by Crippen LogP contribution is -2.54. The molecule has 0 aromatic rings. The summed E-state index contributed by atoms with van der Waals surface area (Å²) in [5.41, 5.74) is 0. The quantitative estimate of drug-likeness (QED) is 0.764. The summed E-state index contributed by atoms with van der Waals surface area (Å²) in [4.78, 5) is 40.0. The molecule has 2 aliphatic rings. The zero-order valence-electron chi connectivity index (χ0n) is 15.6. The number of piperidine rings is 2. The van der Waals surface area contributed by atoms with Crippen LogP contribution in [0, 0.1) is 11.8 Å². The number of nitrogens with zero attached hydrogens (tertiary/aromatic N) is 2. The van der Waals surface area contributed by atoms with Crippen molar-refractivity contribution < 1.29 is 19.5 Å². The van der Waals surface area contributed by atoms with Crippen LogP contribution in [-0.4, -0.2) is 58.4 Å². The highest BCUT2D eigenvalue weighted by atomic mass is 16.4. The number of hydrogen-bond donors (Lipinski definition) is 1. The number of carboxylic acids is 1. The smallest absolute Gasteiger partial charge is 0.303 e. The lowest BCUT2D eigenvalue weighted by atomic mass is 9.92. The average molecular weight is 352 g/mol. The number of carbonyl (C=O) groups excluding carboxylic acids is 2.